The lowest BCUT2D eigenvalue weighted by Crippen LogP contribution is -2.27. The summed E-state index contributed by atoms with van der Waals surface area (Å²) in [7, 11) is 3.35. The van der Waals surface area contributed by atoms with Crippen molar-refractivity contribution in [2.75, 3.05) is 7.11 Å². The van der Waals surface area contributed by atoms with Crippen LogP contribution in [0.4, 0.5) is 0 Å². The van der Waals surface area contributed by atoms with Gasteiger partial charge in [0.05, 0.1) is 10.7 Å². The molecule has 82 valence electrons. The number of ether oxygens (including phenoxy) is 1. The highest BCUT2D eigenvalue weighted by atomic mass is 79.9. The summed E-state index contributed by atoms with van der Waals surface area (Å²) in [6.45, 7) is 0. The van der Waals surface area contributed by atoms with Crippen molar-refractivity contribution >= 4 is 21.7 Å². The van der Waals surface area contributed by atoms with Crippen molar-refractivity contribution in [3.8, 4) is 0 Å². The number of hydrogen-bond donors (Lipinski definition) is 0. The van der Waals surface area contributed by atoms with Gasteiger partial charge in [-0.2, -0.15) is 5.10 Å². The van der Waals surface area contributed by atoms with Gasteiger partial charge in [0.25, 0.3) is 0 Å². The third-order valence-electron chi connectivity index (χ3n) is 2.69. The predicted molar refractivity (Wildman–Crippen MR) is 58.8 cm³/mol. The molecule has 1 aliphatic rings. The quantitative estimate of drug-likeness (QED) is 0.785. The molecule has 1 fully saturated rings. The topological polar surface area (TPSA) is 44.1 Å². The van der Waals surface area contributed by atoms with E-state index in [1.165, 1.54) is 0 Å². The van der Waals surface area contributed by atoms with Crippen molar-refractivity contribution < 1.29 is 9.53 Å². The second kappa shape index (κ2) is 4.06. The first kappa shape index (κ1) is 10.8. The third kappa shape index (κ3) is 1.99. The third-order valence-corrected chi connectivity index (χ3v) is 3.27. The van der Waals surface area contributed by atoms with E-state index in [-0.39, 0.29) is 11.9 Å². The molecule has 0 amide bonds. The van der Waals surface area contributed by atoms with Gasteiger partial charge in [-0.05, 0) is 34.7 Å². The highest BCUT2D eigenvalue weighted by Gasteiger charge is 2.38. The van der Waals surface area contributed by atoms with Crippen LogP contribution in [0.2, 0.25) is 0 Å². The Kier molecular flexibility index (Phi) is 2.93. The van der Waals surface area contributed by atoms with Crippen molar-refractivity contribution in [2.45, 2.75) is 18.9 Å². The van der Waals surface area contributed by atoms with Gasteiger partial charge in [-0.15, -0.1) is 0 Å². The largest absolute Gasteiger partial charge is 0.373 e. The maximum Gasteiger partial charge on any atom is 0.210 e. The number of carbonyl (C=O) groups is 1. The molecule has 0 saturated heterocycles. The van der Waals surface area contributed by atoms with Gasteiger partial charge in [0.15, 0.2) is 0 Å². The van der Waals surface area contributed by atoms with E-state index in [1.807, 2.05) is 0 Å². The number of nitrogens with zero attached hydrogens (tertiary/aromatic N) is 2. The number of hydrogen-bond acceptors (Lipinski definition) is 3. The van der Waals surface area contributed by atoms with Gasteiger partial charge in [0, 0.05) is 14.2 Å². The van der Waals surface area contributed by atoms with Crippen LogP contribution >= 0.6 is 15.9 Å². The van der Waals surface area contributed by atoms with Gasteiger partial charge in [-0.25, -0.2) is 0 Å². The molecule has 0 bridgehead atoms. The van der Waals surface area contributed by atoms with Crippen LogP contribution in [-0.2, 0) is 11.8 Å². The smallest absolute Gasteiger partial charge is 0.210 e. The molecule has 0 N–H and O–H groups in total. The molecule has 0 aromatic carbocycles. The number of ketones is 1. The Labute approximate surface area is 96.7 Å². The molecule has 0 radical (unpaired) electrons. The summed E-state index contributed by atoms with van der Waals surface area (Å²) in [6, 6.07) is 0. The van der Waals surface area contributed by atoms with Gasteiger partial charge in [-0.1, -0.05) is 0 Å². The molecular weight excluding hydrogens is 260 g/mol. The molecule has 2 rings (SSSR count). The molecule has 1 aromatic heterocycles. The Balaban J connectivity index is 2.26. The fraction of sp³-hybridized carbons (Fsp3) is 0.600. The second-order valence-corrected chi connectivity index (χ2v) is 4.68. The minimum absolute atomic E-state index is 0.0203. The Morgan fingerprint density at radius 3 is 2.80 bits per heavy atom. The van der Waals surface area contributed by atoms with Crippen molar-refractivity contribution in [1.82, 2.24) is 9.78 Å². The molecule has 1 aliphatic carbocycles. The summed E-state index contributed by atoms with van der Waals surface area (Å²) in [5.74, 6) is 0.413. The van der Waals surface area contributed by atoms with E-state index >= 15 is 0 Å². The van der Waals surface area contributed by atoms with Crippen LogP contribution in [0.25, 0.3) is 0 Å². The summed E-state index contributed by atoms with van der Waals surface area (Å²) in [4.78, 5) is 12.1. The maximum atomic E-state index is 12.1. The number of halogens is 1. The normalized spacial score (nSPS) is 17.8. The molecular formula is C10H13BrN2O2. The molecule has 1 heterocycles. The highest BCUT2D eigenvalue weighted by Crippen LogP contribution is 2.36. The number of aromatic nitrogens is 2. The fourth-order valence-corrected chi connectivity index (χ4v) is 2.28. The summed E-state index contributed by atoms with van der Waals surface area (Å²) in [6.07, 6.45) is 3.49. The zero-order valence-electron chi connectivity index (χ0n) is 8.74. The monoisotopic (exact) mass is 272 g/mol. The van der Waals surface area contributed by atoms with Crippen molar-refractivity contribution in [2.24, 2.45) is 13.0 Å². The zero-order chi connectivity index (χ0) is 11.0. The van der Waals surface area contributed by atoms with E-state index < -0.39 is 0 Å². The van der Waals surface area contributed by atoms with Gasteiger partial charge in [-0.3, -0.25) is 9.48 Å². The molecule has 4 nitrogen and oxygen atoms in total. The lowest BCUT2D eigenvalue weighted by Gasteiger charge is -2.13. The Hall–Kier alpha value is -0.680. The first-order valence-electron chi connectivity index (χ1n) is 4.89. The van der Waals surface area contributed by atoms with Gasteiger partial charge in [0.1, 0.15) is 11.8 Å². The molecule has 1 atom stereocenters. The average molecular weight is 273 g/mol. The number of aryl methyl sites for hydroxylation is 1. The van der Waals surface area contributed by atoms with E-state index in [2.05, 4.69) is 21.0 Å². The summed E-state index contributed by atoms with van der Waals surface area (Å²) in [5, 5.41) is 4.03. The molecule has 1 aromatic rings. The number of carbonyl (C=O) groups excluding carboxylic acids is 1. The molecule has 1 unspecified atom stereocenters. The van der Waals surface area contributed by atoms with Crippen LogP contribution in [0.3, 0.4) is 0 Å². The van der Waals surface area contributed by atoms with Crippen molar-refractivity contribution in [3.05, 3.63) is 16.4 Å². The Morgan fingerprint density at radius 2 is 2.40 bits per heavy atom. The fourth-order valence-electron chi connectivity index (χ4n) is 1.74. The van der Waals surface area contributed by atoms with Crippen LogP contribution in [0.1, 0.15) is 23.3 Å². The van der Waals surface area contributed by atoms with E-state index in [0.717, 1.165) is 17.3 Å². The molecule has 1 saturated carbocycles. The Morgan fingerprint density at radius 1 is 1.73 bits per heavy atom. The highest BCUT2D eigenvalue weighted by molar-refractivity contribution is 9.10. The van der Waals surface area contributed by atoms with E-state index in [1.54, 1.807) is 25.0 Å². The van der Waals surface area contributed by atoms with E-state index in [0.29, 0.717) is 11.6 Å². The van der Waals surface area contributed by atoms with Gasteiger partial charge in [0.2, 0.25) is 5.78 Å². The molecule has 0 aliphatic heterocycles. The van der Waals surface area contributed by atoms with Crippen LogP contribution in [0.5, 0.6) is 0 Å². The number of Topliss-reactive ketones (excluding diaryl/α,β-unsaturated/α-hetero) is 1. The lowest BCUT2D eigenvalue weighted by molar-refractivity contribution is 0.0529. The number of rotatable bonds is 4. The van der Waals surface area contributed by atoms with Gasteiger partial charge < -0.3 is 4.74 Å². The average Bonchev–Trinajstić information content (AvgIpc) is 2.95. The molecule has 5 heteroatoms. The zero-order valence-corrected chi connectivity index (χ0v) is 10.3. The molecule has 15 heavy (non-hydrogen) atoms. The molecule has 0 spiro atoms. The lowest BCUT2D eigenvalue weighted by atomic mass is 10.1. The van der Waals surface area contributed by atoms with E-state index in [9.17, 15) is 4.79 Å². The maximum absolute atomic E-state index is 12.1. The van der Waals surface area contributed by atoms with Crippen LogP contribution in [-0.4, -0.2) is 28.8 Å². The summed E-state index contributed by atoms with van der Waals surface area (Å²) in [5.41, 5.74) is 0.591. The minimum Gasteiger partial charge on any atom is -0.373 e. The minimum atomic E-state index is -0.309. The van der Waals surface area contributed by atoms with E-state index in [4.69, 9.17) is 4.74 Å². The van der Waals surface area contributed by atoms with Crippen LogP contribution < -0.4 is 0 Å². The SMILES string of the molecule is COC(C(=O)c1c(Br)cnn1C)C1CC1. The first-order chi connectivity index (χ1) is 7.15. The van der Waals surface area contributed by atoms with Gasteiger partial charge >= 0.3 is 0 Å². The van der Waals surface area contributed by atoms with Crippen LogP contribution in [0, 0.1) is 5.92 Å². The summed E-state index contributed by atoms with van der Waals surface area (Å²) < 4.78 is 7.58. The summed E-state index contributed by atoms with van der Waals surface area (Å²) >= 11 is 3.33. The van der Waals surface area contributed by atoms with Crippen molar-refractivity contribution in [1.29, 1.82) is 0 Å². The standard InChI is InChI=1S/C10H13BrN2O2/c1-13-8(7(11)5-12-13)9(14)10(15-2)6-3-4-6/h5-6,10H,3-4H2,1-2H3. The first-order valence-corrected chi connectivity index (χ1v) is 5.69. The van der Waals surface area contributed by atoms with Crippen molar-refractivity contribution in [3.63, 3.8) is 0 Å². The number of methoxy groups -OCH3 is 1. The predicted octanol–water partition coefficient (Wildman–Crippen LogP) is 1.79. The van der Waals surface area contributed by atoms with Crippen LogP contribution in [0.15, 0.2) is 10.7 Å². The second-order valence-electron chi connectivity index (χ2n) is 3.82. The Bertz CT molecular complexity index is 365.